The molecule has 9 heteroatoms. The highest BCUT2D eigenvalue weighted by Crippen LogP contribution is 2.11. The predicted octanol–water partition coefficient (Wildman–Crippen LogP) is 2.08. The summed E-state index contributed by atoms with van der Waals surface area (Å²) in [6.07, 6.45) is 0. The predicted molar refractivity (Wildman–Crippen MR) is 122 cm³/mol. The number of hydrogen-bond acceptors (Lipinski definition) is 5. The van der Waals surface area contributed by atoms with Gasteiger partial charge in [-0.3, -0.25) is 19.3 Å². The van der Waals surface area contributed by atoms with Gasteiger partial charge in [0.25, 0.3) is 5.91 Å². The number of nitrogens with one attached hydrogen (secondary N) is 1. The molecular weight excluding hydrogens is 425 g/mol. The number of amides is 2. The molecule has 2 amide bonds. The molecule has 0 saturated carbocycles. The Bertz CT molecular complexity index is 1200. The molecular formula is C24H24FN5O3. The summed E-state index contributed by atoms with van der Waals surface area (Å²) >= 11 is 0. The summed E-state index contributed by atoms with van der Waals surface area (Å²) in [4.78, 5) is 41.3. The minimum Gasteiger partial charge on any atom is -0.335 e. The third-order valence-electron chi connectivity index (χ3n) is 5.47. The van der Waals surface area contributed by atoms with Crippen LogP contribution in [0.1, 0.15) is 16.2 Å². The van der Waals surface area contributed by atoms with Crippen molar-refractivity contribution in [1.29, 1.82) is 0 Å². The lowest BCUT2D eigenvalue weighted by Crippen LogP contribution is -2.51. The van der Waals surface area contributed by atoms with Crippen molar-refractivity contribution in [1.82, 2.24) is 19.6 Å². The van der Waals surface area contributed by atoms with E-state index >= 15 is 0 Å². The molecule has 4 rings (SSSR count). The van der Waals surface area contributed by atoms with E-state index in [-0.39, 0.29) is 24.0 Å². The van der Waals surface area contributed by atoms with Crippen molar-refractivity contribution in [3.05, 3.63) is 88.1 Å². The normalized spacial score (nSPS) is 14.2. The number of aromatic nitrogens is 2. The highest BCUT2D eigenvalue weighted by Gasteiger charge is 2.26. The van der Waals surface area contributed by atoms with Crippen LogP contribution in [0.5, 0.6) is 0 Å². The first kappa shape index (κ1) is 22.3. The summed E-state index contributed by atoms with van der Waals surface area (Å²) in [7, 11) is 0. The molecule has 1 saturated heterocycles. The highest BCUT2D eigenvalue weighted by molar-refractivity contribution is 5.93. The van der Waals surface area contributed by atoms with Gasteiger partial charge in [0, 0.05) is 43.6 Å². The second-order valence-electron chi connectivity index (χ2n) is 7.87. The topological polar surface area (TPSA) is 87.5 Å². The van der Waals surface area contributed by atoms with Crippen LogP contribution < -0.4 is 10.7 Å². The second-order valence-corrected chi connectivity index (χ2v) is 7.87. The van der Waals surface area contributed by atoms with Crippen LogP contribution in [0.2, 0.25) is 0 Å². The molecule has 1 fully saturated rings. The first-order valence-electron chi connectivity index (χ1n) is 10.6. The zero-order valence-electron chi connectivity index (χ0n) is 18.2. The van der Waals surface area contributed by atoms with Crippen molar-refractivity contribution in [3.63, 3.8) is 0 Å². The van der Waals surface area contributed by atoms with Gasteiger partial charge in [-0.1, -0.05) is 18.2 Å². The number of carbonyl (C=O) groups is 2. The average Bonchev–Trinajstić information content (AvgIpc) is 2.81. The Morgan fingerprint density at radius 2 is 1.67 bits per heavy atom. The molecule has 1 aliphatic rings. The Morgan fingerprint density at radius 3 is 2.33 bits per heavy atom. The van der Waals surface area contributed by atoms with Crippen LogP contribution in [0, 0.1) is 12.7 Å². The van der Waals surface area contributed by atoms with E-state index in [0.717, 1.165) is 5.69 Å². The Hall–Kier alpha value is -3.85. The summed E-state index contributed by atoms with van der Waals surface area (Å²) in [5.41, 5.74) is 1.40. The maximum absolute atomic E-state index is 13.0. The zero-order valence-corrected chi connectivity index (χ0v) is 18.2. The number of nitrogens with zero attached hydrogens (tertiary/aromatic N) is 4. The quantitative estimate of drug-likeness (QED) is 0.645. The van der Waals surface area contributed by atoms with Gasteiger partial charge >= 0.3 is 0 Å². The van der Waals surface area contributed by atoms with Crippen molar-refractivity contribution in [2.24, 2.45) is 0 Å². The molecule has 2 aromatic carbocycles. The molecule has 8 nitrogen and oxygen atoms in total. The van der Waals surface area contributed by atoms with Crippen molar-refractivity contribution < 1.29 is 14.0 Å². The zero-order chi connectivity index (χ0) is 23.4. The molecule has 1 aliphatic heterocycles. The minimum atomic E-state index is -0.417. The Balaban J connectivity index is 1.38. The standard InChI is InChI=1S/C24H24FN5O3/c1-17-15-21(31)23(27-30(17)20-5-3-2-4-6-20)24(33)29-13-11-28(12-14-29)16-22(32)26-19-9-7-18(25)8-10-19/h2-10,15H,11-14,16H2,1H3,(H,26,32). The first-order valence-corrected chi connectivity index (χ1v) is 10.6. The van der Waals surface area contributed by atoms with E-state index in [1.54, 1.807) is 16.5 Å². The third kappa shape index (κ3) is 5.32. The largest absolute Gasteiger partial charge is 0.335 e. The molecule has 0 spiro atoms. The fourth-order valence-corrected chi connectivity index (χ4v) is 3.72. The van der Waals surface area contributed by atoms with Crippen LogP contribution in [0.25, 0.3) is 5.69 Å². The van der Waals surface area contributed by atoms with Gasteiger partial charge in [-0.25, -0.2) is 9.07 Å². The number of halogens is 1. The van der Waals surface area contributed by atoms with Gasteiger partial charge < -0.3 is 10.2 Å². The molecule has 170 valence electrons. The van der Waals surface area contributed by atoms with Gasteiger partial charge in [0.15, 0.2) is 5.69 Å². The van der Waals surface area contributed by atoms with E-state index in [1.807, 2.05) is 35.2 Å². The number of benzene rings is 2. The lowest BCUT2D eigenvalue weighted by Gasteiger charge is -2.34. The number of hydrogen-bond donors (Lipinski definition) is 1. The van der Waals surface area contributed by atoms with Crippen LogP contribution in [-0.4, -0.2) is 64.1 Å². The third-order valence-corrected chi connectivity index (χ3v) is 5.47. The van der Waals surface area contributed by atoms with E-state index in [1.165, 1.54) is 30.3 Å². The Morgan fingerprint density at radius 1 is 1.00 bits per heavy atom. The molecule has 0 radical (unpaired) electrons. The summed E-state index contributed by atoms with van der Waals surface area (Å²) in [6.45, 7) is 3.66. The first-order chi connectivity index (χ1) is 15.9. The molecule has 33 heavy (non-hydrogen) atoms. The van der Waals surface area contributed by atoms with Gasteiger partial charge in [-0.2, -0.15) is 5.10 Å². The molecule has 3 aromatic rings. The number of rotatable bonds is 5. The van der Waals surface area contributed by atoms with Crippen LogP contribution >= 0.6 is 0 Å². The minimum absolute atomic E-state index is 0.119. The van der Waals surface area contributed by atoms with Gasteiger partial charge in [-0.05, 0) is 43.3 Å². The van der Waals surface area contributed by atoms with E-state index in [0.29, 0.717) is 37.6 Å². The van der Waals surface area contributed by atoms with E-state index in [9.17, 15) is 18.8 Å². The molecule has 0 aliphatic carbocycles. The highest BCUT2D eigenvalue weighted by atomic mass is 19.1. The van der Waals surface area contributed by atoms with Gasteiger partial charge in [0.1, 0.15) is 5.82 Å². The fraction of sp³-hybridized carbons (Fsp3) is 0.250. The molecule has 0 unspecified atom stereocenters. The number of aryl methyl sites for hydroxylation is 1. The molecule has 0 atom stereocenters. The van der Waals surface area contributed by atoms with Gasteiger partial charge in [0.2, 0.25) is 11.3 Å². The van der Waals surface area contributed by atoms with Crippen molar-refractivity contribution in [2.45, 2.75) is 6.92 Å². The molecule has 1 N–H and O–H groups in total. The van der Waals surface area contributed by atoms with Crippen molar-refractivity contribution >= 4 is 17.5 Å². The number of carbonyl (C=O) groups excluding carboxylic acids is 2. The molecule has 2 heterocycles. The van der Waals surface area contributed by atoms with Crippen LogP contribution in [-0.2, 0) is 4.79 Å². The lowest BCUT2D eigenvalue weighted by atomic mass is 10.2. The van der Waals surface area contributed by atoms with E-state index < -0.39 is 11.3 Å². The molecule has 1 aromatic heterocycles. The van der Waals surface area contributed by atoms with Crippen LogP contribution in [0.15, 0.2) is 65.5 Å². The number of piperazine rings is 1. The van der Waals surface area contributed by atoms with E-state index in [4.69, 9.17) is 0 Å². The summed E-state index contributed by atoms with van der Waals surface area (Å²) in [5.74, 6) is -1.00. The maximum Gasteiger partial charge on any atom is 0.278 e. The van der Waals surface area contributed by atoms with Crippen molar-refractivity contribution in [2.75, 3.05) is 38.0 Å². The van der Waals surface area contributed by atoms with E-state index in [2.05, 4.69) is 10.4 Å². The van der Waals surface area contributed by atoms with Crippen LogP contribution in [0.4, 0.5) is 10.1 Å². The smallest absolute Gasteiger partial charge is 0.278 e. The van der Waals surface area contributed by atoms with Crippen molar-refractivity contribution in [3.8, 4) is 5.69 Å². The summed E-state index contributed by atoms with van der Waals surface area (Å²) in [5, 5.41) is 7.08. The Kier molecular flexibility index (Phi) is 6.60. The summed E-state index contributed by atoms with van der Waals surface area (Å²) in [6, 6.07) is 16.3. The SMILES string of the molecule is Cc1cc(=O)c(C(=O)N2CCN(CC(=O)Nc3ccc(F)cc3)CC2)nn1-c1ccccc1. The Labute approximate surface area is 190 Å². The average molecular weight is 449 g/mol. The summed E-state index contributed by atoms with van der Waals surface area (Å²) < 4.78 is 14.6. The maximum atomic E-state index is 13.0. The van der Waals surface area contributed by atoms with Gasteiger partial charge in [0.05, 0.1) is 12.2 Å². The number of anilines is 1. The van der Waals surface area contributed by atoms with Crippen LogP contribution in [0.3, 0.4) is 0 Å². The molecule has 0 bridgehead atoms. The van der Waals surface area contributed by atoms with Gasteiger partial charge in [-0.15, -0.1) is 0 Å². The monoisotopic (exact) mass is 449 g/mol. The fourth-order valence-electron chi connectivity index (χ4n) is 3.72. The lowest BCUT2D eigenvalue weighted by molar-refractivity contribution is -0.117. The number of para-hydroxylation sites is 1. The second kappa shape index (κ2) is 9.74.